The fraction of sp³-hybridized carbons (Fsp3) is 0.417. The van der Waals surface area contributed by atoms with Crippen molar-refractivity contribution in [3.63, 3.8) is 0 Å². The van der Waals surface area contributed by atoms with Crippen LogP contribution < -0.4 is 10.1 Å². The zero-order valence-corrected chi connectivity index (χ0v) is 9.73. The van der Waals surface area contributed by atoms with Gasteiger partial charge in [0, 0.05) is 6.04 Å². The van der Waals surface area contributed by atoms with Crippen molar-refractivity contribution in [3.05, 3.63) is 29.8 Å². The summed E-state index contributed by atoms with van der Waals surface area (Å²) in [5.41, 5.74) is 0.724. The maximum Gasteiger partial charge on any atom is 0.325 e. The Morgan fingerprint density at radius 3 is 2.25 bits per heavy atom. The molecule has 0 aromatic heterocycles. The van der Waals surface area contributed by atoms with Gasteiger partial charge < -0.3 is 9.84 Å². The molecule has 0 heterocycles. The molecule has 0 fully saturated rings. The topological polar surface area (TPSA) is 58.6 Å². The van der Waals surface area contributed by atoms with Crippen molar-refractivity contribution in [2.45, 2.75) is 25.9 Å². The van der Waals surface area contributed by atoms with Crippen molar-refractivity contribution in [2.75, 3.05) is 7.11 Å². The molecule has 1 aromatic carbocycles. The standard InChI is InChI=1S/C12H17NO3/c1-8(2)13-11(12(14)15)9-4-6-10(16-3)7-5-9/h4-8,11,13H,1-3H3,(H,14,15)/t11-/m0/s1. The first kappa shape index (κ1) is 12.5. The summed E-state index contributed by atoms with van der Waals surface area (Å²) in [6, 6.07) is 6.47. The van der Waals surface area contributed by atoms with Gasteiger partial charge in [0.05, 0.1) is 7.11 Å². The van der Waals surface area contributed by atoms with Crippen LogP contribution >= 0.6 is 0 Å². The lowest BCUT2D eigenvalue weighted by molar-refractivity contribution is -0.139. The number of carboxylic acid groups (broad SMARTS) is 1. The van der Waals surface area contributed by atoms with Crippen LogP contribution in [0.2, 0.25) is 0 Å². The average molecular weight is 223 g/mol. The van der Waals surface area contributed by atoms with E-state index < -0.39 is 12.0 Å². The van der Waals surface area contributed by atoms with Gasteiger partial charge in [-0.25, -0.2) is 0 Å². The van der Waals surface area contributed by atoms with Gasteiger partial charge in [-0.15, -0.1) is 0 Å². The van der Waals surface area contributed by atoms with Crippen LogP contribution in [0.15, 0.2) is 24.3 Å². The van der Waals surface area contributed by atoms with Gasteiger partial charge in [0.25, 0.3) is 0 Å². The lowest BCUT2D eigenvalue weighted by atomic mass is 10.1. The van der Waals surface area contributed by atoms with E-state index in [1.54, 1.807) is 31.4 Å². The van der Waals surface area contributed by atoms with Crippen LogP contribution in [-0.2, 0) is 4.79 Å². The Kier molecular flexibility index (Phi) is 4.31. The van der Waals surface area contributed by atoms with E-state index in [0.29, 0.717) is 0 Å². The molecule has 0 unspecified atom stereocenters. The van der Waals surface area contributed by atoms with Crippen molar-refractivity contribution in [1.82, 2.24) is 5.32 Å². The quantitative estimate of drug-likeness (QED) is 0.799. The summed E-state index contributed by atoms with van der Waals surface area (Å²) in [5, 5.41) is 12.1. The van der Waals surface area contributed by atoms with E-state index in [9.17, 15) is 4.79 Å². The van der Waals surface area contributed by atoms with Crippen LogP contribution in [0.3, 0.4) is 0 Å². The largest absolute Gasteiger partial charge is 0.497 e. The summed E-state index contributed by atoms with van der Waals surface area (Å²) < 4.78 is 5.02. The number of carboxylic acids is 1. The van der Waals surface area contributed by atoms with Gasteiger partial charge in [-0.05, 0) is 31.5 Å². The van der Waals surface area contributed by atoms with E-state index in [1.807, 2.05) is 13.8 Å². The molecule has 0 radical (unpaired) electrons. The van der Waals surface area contributed by atoms with Gasteiger partial charge in [0.15, 0.2) is 0 Å². The summed E-state index contributed by atoms with van der Waals surface area (Å²) in [6.07, 6.45) is 0. The minimum absolute atomic E-state index is 0.114. The number of benzene rings is 1. The number of ether oxygens (including phenoxy) is 1. The van der Waals surface area contributed by atoms with Crippen molar-refractivity contribution in [3.8, 4) is 5.75 Å². The molecule has 4 nitrogen and oxygen atoms in total. The first-order valence-corrected chi connectivity index (χ1v) is 5.17. The van der Waals surface area contributed by atoms with Crippen LogP contribution in [0.1, 0.15) is 25.5 Å². The third-order valence-corrected chi connectivity index (χ3v) is 2.20. The lowest BCUT2D eigenvalue weighted by Crippen LogP contribution is -2.33. The summed E-state index contributed by atoms with van der Waals surface area (Å²) in [6.45, 7) is 3.83. The highest BCUT2D eigenvalue weighted by Crippen LogP contribution is 2.18. The molecule has 0 spiro atoms. The van der Waals surface area contributed by atoms with Crippen LogP contribution in [0.4, 0.5) is 0 Å². The van der Waals surface area contributed by atoms with Gasteiger partial charge in [-0.1, -0.05) is 12.1 Å². The smallest absolute Gasteiger partial charge is 0.325 e. The second kappa shape index (κ2) is 5.51. The number of aliphatic carboxylic acids is 1. The second-order valence-electron chi connectivity index (χ2n) is 3.87. The van der Waals surface area contributed by atoms with Gasteiger partial charge in [0.2, 0.25) is 0 Å². The number of hydrogen-bond acceptors (Lipinski definition) is 3. The number of nitrogens with one attached hydrogen (secondary N) is 1. The molecule has 0 saturated carbocycles. The van der Waals surface area contributed by atoms with Crippen molar-refractivity contribution in [1.29, 1.82) is 0 Å². The van der Waals surface area contributed by atoms with E-state index in [1.165, 1.54) is 0 Å². The Balaban J connectivity index is 2.88. The molecular formula is C12H17NO3. The van der Waals surface area contributed by atoms with E-state index >= 15 is 0 Å². The fourth-order valence-corrected chi connectivity index (χ4v) is 1.44. The zero-order valence-electron chi connectivity index (χ0n) is 9.73. The van der Waals surface area contributed by atoms with Crippen LogP contribution in [0.25, 0.3) is 0 Å². The molecule has 0 aliphatic heterocycles. The number of hydrogen-bond donors (Lipinski definition) is 2. The minimum Gasteiger partial charge on any atom is -0.497 e. The first-order valence-electron chi connectivity index (χ1n) is 5.17. The lowest BCUT2D eigenvalue weighted by Gasteiger charge is -2.17. The molecule has 88 valence electrons. The third kappa shape index (κ3) is 3.24. The maximum atomic E-state index is 11.1. The molecule has 1 rings (SSSR count). The third-order valence-electron chi connectivity index (χ3n) is 2.20. The Morgan fingerprint density at radius 2 is 1.88 bits per heavy atom. The highest BCUT2D eigenvalue weighted by atomic mass is 16.5. The minimum atomic E-state index is -0.876. The van der Waals surface area contributed by atoms with E-state index in [-0.39, 0.29) is 6.04 Å². The monoisotopic (exact) mass is 223 g/mol. The van der Waals surface area contributed by atoms with Crippen molar-refractivity contribution < 1.29 is 14.6 Å². The van der Waals surface area contributed by atoms with Crippen LogP contribution in [0.5, 0.6) is 5.75 Å². The Hall–Kier alpha value is -1.55. The molecule has 0 bridgehead atoms. The first-order chi connectivity index (χ1) is 7.54. The normalized spacial score (nSPS) is 12.5. The van der Waals surface area contributed by atoms with Crippen LogP contribution in [-0.4, -0.2) is 24.2 Å². The molecule has 0 aliphatic carbocycles. The summed E-state index contributed by atoms with van der Waals surface area (Å²) >= 11 is 0. The fourth-order valence-electron chi connectivity index (χ4n) is 1.44. The predicted octanol–water partition coefficient (Wildman–Crippen LogP) is 1.82. The molecule has 1 atom stereocenters. The number of rotatable bonds is 5. The molecule has 1 aromatic rings. The molecular weight excluding hydrogens is 206 g/mol. The average Bonchev–Trinajstić information content (AvgIpc) is 2.25. The predicted molar refractivity (Wildman–Crippen MR) is 61.6 cm³/mol. The Labute approximate surface area is 95.2 Å². The van der Waals surface area contributed by atoms with Gasteiger partial charge in [-0.3, -0.25) is 10.1 Å². The van der Waals surface area contributed by atoms with E-state index in [2.05, 4.69) is 5.32 Å². The van der Waals surface area contributed by atoms with Gasteiger partial charge in [0.1, 0.15) is 11.8 Å². The van der Waals surface area contributed by atoms with E-state index in [0.717, 1.165) is 11.3 Å². The number of carbonyl (C=O) groups is 1. The zero-order chi connectivity index (χ0) is 12.1. The highest BCUT2D eigenvalue weighted by Gasteiger charge is 2.19. The van der Waals surface area contributed by atoms with Gasteiger partial charge >= 0.3 is 5.97 Å². The molecule has 16 heavy (non-hydrogen) atoms. The van der Waals surface area contributed by atoms with Crippen LogP contribution in [0, 0.1) is 0 Å². The molecule has 0 amide bonds. The van der Waals surface area contributed by atoms with Crippen molar-refractivity contribution in [2.24, 2.45) is 0 Å². The summed E-state index contributed by atoms with van der Waals surface area (Å²) in [4.78, 5) is 11.1. The molecule has 0 aliphatic rings. The Morgan fingerprint density at radius 1 is 1.31 bits per heavy atom. The highest BCUT2D eigenvalue weighted by molar-refractivity contribution is 5.75. The maximum absolute atomic E-state index is 11.1. The molecule has 0 saturated heterocycles. The van der Waals surface area contributed by atoms with E-state index in [4.69, 9.17) is 9.84 Å². The van der Waals surface area contributed by atoms with Gasteiger partial charge in [-0.2, -0.15) is 0 Å². The second-order valence-corrected chi connectivity index (χ2v) is 3.87. The summed E-state index contributed by atoms with van der Waals surface area (Å²) in [7, 11) is 1.58. The number of methoxy groups -OCH3 is 1. The molecule has 4 heteroatoms. The molecule has 2 N–H and O–H groups in total. The Bertz CT molecular complexity index is 346. The SMILES string of the molecule is COc1ccc([C@H](NC(C)C)C(=O)O)cc1. The van der Waals surface area contributed by atoms with Crippen molar-refractivity contribution >= 4 is 5.97 Å². The summed E-state index contributed by atoms with van der Waals surface area (Å²) in [5.74, 6) is -0.156.